The molecule has 0 aromatic carbocycles. The number of carboxylic acid groups (broad SMARTS) is 1. The van der Waals surface area contributed by atoms with Gasteiger partial charge in [0, 0.05) is 19.0 Å². The molecule has 1 atom stereocenters. The molecular weight excluding hydrogens is 184 g/mol. The second-order valence-corrected chi connectivity index (χ2v) is 3.94. The lowest BCUT2D eigenvalue weighted by Gasteiger charge is -2.13. The fourth-order valence-corrected chi connectivity index (χ4v) is 1.15. The van der Waals surface area contributed by atoms with Gasteiger partial charge in [0.2, 0.25) is 5.91 Å². The third kappa shape index (κ3) is 2.23. The van der Waals surface area contributed by atoms with Crippen LogP contribution >= 0.6 is 0 Å². The molecule has 1 rings (SSSR count). The van der Waals surface area contributed by atoms with Crippen molar-refractivity contribution in [1.82, 2.24) is 5.32 Å². The van der Waals surface area contributed by atoms with Gasteiger partial charge in [0.05, 0.1) is 5.41 Å². The molecule has 0 spiro atoms. The molecule has 0 aromatic rings. The first-order chi connectivity index (χ1) is 6.52. The maximum atomic E-state index is 11.3. The van der Waals surface area contributed by atoms with Crippen LogP contribution < -0.4 is 11.1 Å². The Morgan fingerprint density at radius 3 is 2.50 bits per heavy atom. The van der Waals surface area contributed by atoms with E-state index in [1.807, 2.05) is 0 Å². The van der Waals surface area contributed by atoms with Gasteiger partial charge in [0.1, 0.15) is 0 Å². The van der Waals surface area contributed by atoms with Crippen LogP contribution in [0.15, 0.2) is 0 Å². The Kier molecular flexibility index (Phi) is 3.10. The summed E-state index contributed by atoms with van der Waals surface area (Å²) >= 11 is 0. The van der Waals surface area contributed by atoms with Crippen molar-refractivity contribution in [1.29, 1.82) is 0 Å². The van der Waals surface area contributed by atoms with Crippen molar-refractivity contribution in [2.75, 3.05) is 13.1 Å². The number of hydrogen-bond donors (Lipinski definition) is 3. The van der Waals surface area contributed by atoms with Gasteiger partial charge in [-0.3, -0.25) is 9.59 Å². The summed E-state index contributed by atoms with van der Waals surface area (Å²) in [5.74, 6) is -1.24. The molecule has 1 unspecified atom stereocenters. The van der Waals surface area contributed by atoms with E-state index < -0.39 is 11.4 Å². The molecule has 0 radical (unpaired) electrons. The van der Waals surface area contributed by atoms with Crippen molar-refractivity contribution in [3.63, 3.8) is 0 Å². The second kappa shape index (κ2) is 3.96. The lowest BCUT2D eigenvalue weighted by Crippen LogP contribution is -2.39. The fraction of sp³-hybridized carbons (Fsp3) is 0.778. The first kappa shape index (κ1) is 11.0. The van der Waals surface area contributed by atoms with E-state index >= 15 is 0 Å². The van der Waals surface area contributed by atoms with Crippen LogP contribution in [0, 0.1) is 11.3 Å². The molecule has 0 saturated heterocycles. The molecule has 1 aliphatic rings. The van der Waals surface area contributed by atoms with Crippen molar-refractivity contribution >= 4 is 11.9 Å². The van der Waals surface area contributed by atoms with E-state index in [0.29, 0.717) is 12.8 Å². The van der Waals surface area contributed by atoms with E-state index in [2.05, 4.69) is 5.32 Å². The number of nitrogens with one attached hydrogen (secondary N) is 1. The van der Waals surface area contributed by atoms with Gasteiger partial charge in [-0.25, -0.2) is 0 Å². The van der Waals surface area contributed by atoms with E-state index in [1.54, 1.807) is 6.92 Å². The zero-order valence-electron chi connectivity index (χ0n) is 8.25. The van der Waals surface area contributed by atoms with Crippen LogP contribution in [0.5, 0.6) is 0 Å². The number of carbonyl (C=O) groups excluding carboxylic acids is 1. The van der Waals surface area contributed by atoms with Crippen LogP contribution in [0.4, 0.5) is 0 Å². The van der Waals surface area contributed by atoms with Gasteiger partial charge in [-0.15, -0.1) is 0 Å². The predicted octanol–water partition coefficient (Wildman–Crippen LogP) is -0.438. The second-order valence-electron chi connectivity index (χ2n) is 3.94. The molecule has 1 fully saturated rings. The highest BCUT2D eigenvalue weighted by molar-refractivity contribution is 5.81. The summed E-state index contributed by atoms with van der Waals surface area (Å²) in [6, 6.07) is 0. The number of carboxylic acids is 1. The summed E-state index contributed by atoms with van der Waals surface area (Å²) in [4.78, 5) is 22.0. The summed E-state index contributed by atoms with van der Waals surface area (Å²) in [6.45, 7) is 2.23. The maximum Gasteiger partial charge on any atom is 0.311 e. The van der Waals surface area contributed by atoms with E-state index in [1.165, 1.54) is 0 Å². The molecule has 14 heavy (non-hydrogen) atoms. The van der Waals surface area contributed by atoms with Gasteiger partial charge >= 0.3 is 5.97 Å². The summed E-state index contributed by atoms with van der Waals surface area (Å²) in [5, 5.41) is 11.5. The highest BCUT2D eigenvalue weighted by Gasteiger charge is 2.50. The van der Waals surface area contributed by atoms with Crippen molar-refractivity contribution < 1.29 is 14.7 Å². The van der Waals surface area contributed by atoms with Crippen LogP contribution in [0.25, 0.3) is 0 Å². The number of aliphatic carboxylic acids is 1. The van der Waals surface area contributed by atoms with Crippen LogP contribution in [0.1, 0.15) is 19.8 Å². The molecule has 1 amide bonds. The average molecular weight is 200 g/mol. The Labute approximate surface area is 82.7 Å². The Bertz CT molecular complexity index is 248. The third-order valence-electron chi connectivity index (χ3n) is 2.71. The van der Waals surface area contributed by atoms with Gasteiger partial charge in [0.25, 0.3) is 0 Å². The number of carbonyl (C=O) groups is 2. The van der Waals surface area contributed by atoms with E-state index in [4.69, 9.17) is 10.8 Å². The highest BCUT2D eigenvalue weighted by atomic mass is 16.4. The van der Waals surface area contributed by atoms with Crippen LogP contribution in [0.2, 0.25) is 0 Å². The van der Waals surface area contributed by atoms with Crippen molar-refractivity contribution in [3.05, 3.63) is 0 Å². The van der Waals surface area contributed by atoms with Gasteiger partial charge in [-0.05, 0) is 12.8 Å². The average Bonchev–Trinajstić information content (AvgIpc) is 2.93. The third-order valence-corrected chi connectivity index (χ3v) is 2.71. The lowest BCUT2D eigenvalue weighted by atomic mass is 10.1. The summed E-state index contributed by atoms with van der Waals surface area (Å²) in [5.41, 5.74) is 4.62. The topological polar surface area (TPSA) is 92.4 Å². The summed E-state index contributed by atoms with van der Waals surface area (Å²) in [7, 11) is 0. The molecule has 1 aliphatic carbocycles. The smallest absolute Gasteiger partial charge is 0.311 e. The Hall–Kier alpha value is -1.10. The number of amides is 1. The van der Waals surface area contributed by atoms with Gasteiger partial charge in [0.15, 0.2) is 0 Å². The summed E-state index contributed by atoms with van der Waals surface area (Å²) < 4.78 is 0. The molecule has 0 heterocycles. The van der Waals surface area contributed by atoms with Crippen molar-refractivity contribution in [2.24, 2.45) is 17.1 Å². The van der Waals surface area contributed by atoms with Crippen molar-refractivity contribution in [2.45, 2.75) is 19.8 Å². The highest BCUT2D eigenvalue weighted by Crippen LogP contribution is 2.45. The van der Waals surface area contributed by atoms with Crippen LogP contribution in [0.3, 0.4) is 0 Å². The monoisotopic (exact) mass is 200 g/mol. The van der Waals surface area contributed by atoms with Gasteiger partial charge in [-0.2, -0.15) is 0 Å². The zero-order valence-corrected chi connectivity index (χ0v) is 8.25. The largest absolute Gasteiger partial charge is 0.481 e. The molecule has 0 aromatic heterocycles. The minimum atomic E-state index is -0.821. The van der Waals surface area contributed by atoms with E-state index in [0.717, 1.165) is 0 Å². The Morgan fingerprint density at radius 1 is 1.57 bits per heavy atom. The Balaban J connectivity index is 2.34. The van der Waals surface area contributed by atoms with Crippen LogP contribution in [-0.2, 0) is 9.59 Å². The van der Waals surface area contributed by atoms with E-state index in [-0.39, 0.29) is 24.9 Å². The minimum Gasteiger partial charge on any atom is -0.481 e. The first-order valence-electron chi connectivity index (χ1n) is 4.73. The lowest BCUT2D eigenvalue weighted by molar-refractivity contribution is -0.143. The molecule has 80 valence electrons. The summed E-state index contributed by atoms with van der Waals surface area (Å²) in [6.07, 6.45) is 1.30. The van der Waals surface area contributed by atoms with Crippen molar-refractivity contribution in [3.8, 4) is 0 Å². The number of rotatable bonds is 5. The Morgan fingerprint density at radius 2 is 2.14 bits per heavy atom. The number of hydrogen-bond acceptors (Lipinski definition) is 3. The van der Waals surface area contributed by atoms with Crippen LogP contribution in [-0.4, -0.2) is 30.1 Å². The zero-order chi connectivity index (χ0) is 10.8. The molecule has 1 saturated carbocycles. The molecular formula is C9H16N2O3. The molecule has 5 heteroatoms. The number of nitrogens with two attached hydrogens (primary N) is 1. The quantitative estimate of drug-likeness (QED) is 0.561. The molecule has 0 aliphatic heterocycles. The molecule has 5 nitrogen and oxygen atoms in total. The maximum absolute atomic E-state index is 11.3. The molecule has 0 bridgehead atoms. The predicted molar refractivity (Wildman–Crippen MR) is 50.5 cm³/mol. The fourth-order valence-electron chi connectivity index (χ4n) is 1.15. The van der Waals surface area contributed by atoms with E-state index in [9.17, 15) is 9.59 Å². The molecule has 4 N–H and O–H groups in total. The van der Waals surface area contributed by atoms with Gasteiger partial charge < -0.3 is 16.2 Å². The SMILES string of the molecule is CC(CN)C(=O)NCC1(C(=O)O)CC1. The van der Waals surface area contributed by atoms with Gasteiger partial charge in [-0.1, -0.05) is 6.92 Å². The standard InChI is InChI=1S/C9H16N2O3/c1-6(4-10)7(12)11-5-9(2-3-9)8(13)14/h6H,2-5,10H2,1H3,(H,11,12)(H,13,14). The minimum absolute atomic E-state index is 0.167. The first-order valence-corrected chi connectivity index (χ1v) is 4.73. The normalized spacial score (nSPS) is 19.9.